The predicted molar refractivity (Wildman–Crippen MR) is 76.2 cm³/mol. The summed E-state index contributed by atoms with van der Waals surface area (Å²) >= 11 is 5.76. The number of aryl methyl sites for hydroxylation is 1. The van der Waals surface area contributed by atoms with Crippen LogP contribution in [0.5, 0.6) is 0 Å². The molecule has 0 spiro atoms. The van der Waals surface area contributed by atoms with Crippen molar-refractivity contribution in [3.8, 4) is 0 Å². The third-order valence-corrected chi connectivity index (χ3v) is 4.04. The van der Waals surface area contributed by atoms with Crippen LogP contribution in [0.15, 0.2) is 0 Å². The minimum absolute atomic E-state index is 0.0107. The van der Waals surface area contributed by atoms with Crippen LogP contribution in [0.4, 0.5) is 0 Å². The van der Waals surface area contributed by atoms with E-state index < -0.39 is 0 Å². The lowest BCUT2D eigenvalue weighted by Crippen LogP contribution is -2.41. The van der Waals surface area contributed by atoms with E-state index in [0.717, 1.165) is 12.8 Å². The Bertz CT molecular complexity index is 428. The van der Waals surface area contributed by atoms with Gasteiger partial charge in [0.05, 0.1) is 13.6 Å². The Morgan fingerprint density at radius 3 is 2.50 bits per heavy atom. The molecular weight excluding hydrogens is 278 g/mol. The van der Waals surface area contributed by atoms with Crippen LogP contribution in [0.2, 0.25) is 0 Å². The third-order valence-electron chi connectivity index (χ3n) is 3.81. The summed E-state index contributed by atoms with van der Waals surface area (Å²) in [4.78, 5) is 15.4. The molecule has 1 amide bonds. The number of carbonyl (C=O) groups is 1. The number of tetrazole rings is 1. The van der Waals surface area contributed by atoms with Gasteiger partial charge in [-0.2, -0.15) is 4.80 Å². The van der Waals surface area contributed by atoms with Crippen LogP contribution in [0, 0.1) is 0 Å². The van der Waals surface area contributed by atoms with Crippen molar-refractivity contribution >= 4 is 17.5 Å². The molecule has 1 heterocycles. The Morgan fingerprint density at radius 1 is 1.30 bits per heavy atom. The van der Waals surface area contributed by atoms with Gasteiger partial charge in [0.15, 0.2) is 5.82 Å². The molecule has 0 aliphatic heterocycles. The van der Waals surface area contributed by atoms with Crippen molar-refractivity contribution < 1.29 is 4.79 Å². The number of rotatable bonds is 4. The third kappa shape index (κ3) is 4.16. The van der Waals surface area contributed by atoms with Gasteiger partial charge in [-0.25, -0.2) is 0 Å². The SMILES string of the molecule is Cn1nnc(CN(C(=O)CCl)C2CCCCCCC2)n1. The Kier molecular flexibility index (Phi) is 5.76. The average Bonchev–Trinajstić information content (AvgIpc) is 2.81. The van der Waals surface area contributed by atoms with E-state index in [1.54, 1.807) is 7.05 Å². The van der Waals surface area contributed by atoms with Gasteiger partial charge in [-0.15, -0.1) is 21.8 Å². The van der Waals surface area contributed by atoms with E-state index in [1.165, 1.54) is 36.9 Å². The molecule has 0 saturated heterocycles. The van der Waals surface area contributed by atoms with Crippen molar-refractivity contribution in [1.82, 2.24) is 25.1 Å². The number of amides is 1. The van der Waals surface area contributed by atoms with Crippen LogP contribution in [0.3, 0.4) is 0 Å². The molecule has 1 aromatic rings. The van der Waals surface area contributed by atoms with Crippen molar-refractivity contribution in [3.63, 3.8) is 0 Å². The Balaban J connectivity index is 2.06. The fourth-order valence-electron chi connectivity index (χ4n) is 2.78. The average molecular weight is 300 g/mol. The Hall–Kier alpha value is -1.17. The van der Waals surface area contributed by atoms with Gasteiger partial charge in [0.25, 0.3) is 0 Å². The van der Waals surface area contributed by atoms with Gasteiger partial charge in [0.2, 0.25) is 5.91 Å². The van der Waals surface area contributed by atoms with Gasteiger partial charge in [0, 0.05) is 6.04 Å². The fraction of sp³-hybridized carbons (Fsp3) is 0.846. The van der Waals surface area contributed by atoms with Gasteiger partial charge < -0.3 is 4.90 Å². The van der Waals surface area contributed by atoms with E-state index in [4.69, 9.17) is 11.6 Å². The highest BCUT2D eigenvalue weighted by atomic mass is 35.5. The molecule has 20 heavy (non-hydrogen) atoms. The number of aromatic nitrogens is 4. The zero-order chi connectivity index (χ0) is 14.4. The second kappa shape index (κ2) is 7.57. The highest BCUT2D eigenvalue weighted by molar-refractivity contribution is 6.27. The maximum Gasteiger partial charge on any atom is 0.238 e. The summed E-state index contributed by atoms with van der Waals surface area (Å²) < 4.78 is 0. The first-order chi connectivity index (χ1) is 9.70. The van der Waals surface area contributed by atoms with Gasteiger partial charge >= 0.3 is 0 Å². The van der Waals surface area contributed by atoms with Crippen LogP contribution in [0.1, 0.15) is 50.8 Å². The molecule has 0 bridgehead atoms. The topological polar surface area (TPSA) is 63.9 Å². The molecule has 0 radical (unpaired) electrons. The maximum atomic E-state index is 12.1. The number of hydrogen-bond donors (Lipinski definition) is 0. The molecule has 1 aromatic heterocycles. The van der Waals surface area contributed by atoms with Gasteiger partial charge in [-0.1, -0.05) is 32.1 Å². The molecule has 1 fully saturated rings. The molecule has 7 heteroatoms. The number of halogens is 1. The molecule has 0 atom stereocenters. The number of carbonyl (C=O) groups excluding carboxylic acids is 1. The molecule has 0 aromatic carbocycles. The van der Waals surface area contributed by atoms with Crippen molar-refractivity contribution in [2.45, 2.75) is 57.5 Å². The van der Waals surface area contributed by atoms with Gasteiger partial charge in [-0.05, 0) is 18.1 Å². The van der Waals surface area contributed by atoms with Crippen LogP contribution in [-0.4, -0.2) is 42.9 Å². The smallest absolute Gasteiger partial charge is 0.238 e. The summed E-state index contributed by atoms with van der Waals surface area (Å²) in [6, 6.07) is 0.255. The normalized spacial score (nSPS) is 17.5. The van der Waals surface area contributed by atoms with Crippen molar-refractivity contribution in [2.75, 3.05) is 5.88 Å². The summed E-state index contributed by atoms with van der Waals surface area (Å²) in [5.74, 6) is 0.550. The molecule has 6 nitrogen and oxygen atoms in total. The number of nitrogens with zero attached hydrogens (tertiary/aromatic N) is 5. The lowest BCUT2D eigenvalue weighted by Gasteiger charge is -2.31. The first-order valence-electron chi connectivity index (χ1n) is 7.29. The molecule has 1 aliphatic carbocycles. The summed E-state index contributed by atoms with van der Waals surface area (Å²) in [6.45, 7) is 0.407. The Morgan fingerprint density at radius 2 is 1.95 bits per heavy atom. The van der Waals surface area contributed by atoms with E-state index in [9.17, 15) is 4.79 Å². The zero-order valence-corrected chi connectivity index (χ0v) is 12.7. The van der Waals surface area contributed by atoms with Gasteiger partial charge in [0.1, 0.15) is 5.88 Å². The van der Waals surface area contributed by atoms with Crippen molar-refractivity contribution in [2.24, 2.45) is 7.05 Å². The lowest BCUT2D eigenvalue weighted by molar-refractivity contribution is -0.132. The summed E-state index contributed by atoms with van der Waals surface area (Å²) in [6.07, 6.45) is 8.24. The molecule has 0 unspecified atom stereocenters. The second-order valence-electron chi connectivity index (χ2n) is 5.35. The minimum atomic E-state index is -0.0373. The van der Waals surface area contributed by atoms with Crippen LogP contribution < -0.4 is 0 Å². The first-order valence-corrected chi connectivity index (χ1v) is 7.82. The predicted octanol–water partition coefficient (Wildman–Crippen LogP) is 1.89. The van der Waals surface area contributed by atoms with E-state index in [-0.39, 0.29) is 17.8 Å². The standard InChI is InChI=1S/C13H22ClN5O/c1-18-16-12(15-17-18)10-19(13(20)9-14)11-7-5-3-2-4-6-8-11/h11H,2-10H2,1H3. The quantitative estimate of drug-likeness (QED) is 0.797. The molecule has 1 saturated carbocycles. The summed E-state index contributed by atoms with van der Waals surface area (Å²) in [5.41, 5.74) is 0. The van der Waals surface area contributed by atoms with E-state index in [0.29, 0.717) is 12.4 Å². The van der Waals surface area contributed by atoms with Gasteiger partial charge in [-0.3, -0.25) is 4.79 Å². The summed E-state index contributed by atoms with van der Waals surface area (Å²) in [5, 5.41) is 12.0. The lowest BCUT2D eigenvalue weighted by atomic mass is 9.95. The van der Waals surface area contributed by atoms with E-state index in [1.807, 2.05) is 4.90 Å². The largest absolute Gasteiger partial charge is 0.331 e. The van der Waals surface area contributed by atoms with Crippen molar-refractivity contribution in [3.05, 3.63) is 5.82 Å². The fourth-order valence-corrected chi connectivity index (χ4v) is 2.94. The molecule has 112 valence electrons. The van der Waals surface area contributed by atoms with Crippen LogP contribution >= 0.6 is 11.6 Å². The van der Waals surface area contributed by atoms with E-state index >= 15 is 0 Å². The molecular formula is C13H22ClN5O. The number of hydrogen-bond acceptors (Lipinski definition) is 4. The van der Waals surface area contributed by atoms with Crippen LogP contribution in [-0.2, 0) is 18.4 Å². The second-order valence-corrected chi connectivity index (χ2v) is 5.62. The molecule has 2 rings (SSSR count). The maximum absolute atomic E-state index is 12.1. The van der Waals surface area contributed by atoms with Crippen molar-refractivity contribution in [1.29, 1.82) is 0 Å². The summed E-state index contributed by atoms with van der Waals surface area (Å²) in [7, 11) is 1.72. The minimum Gasteiger partial charge on any atom is -0.331 e. The Labute approximate surface area is 124 Å². The first kappa shape index (κ1) is 15.2. The monoisotopic (exact) mass is 299 g/mol. The zero-order valence-electron chi connectivity index (χ0n) is 12.0. The van der Waals surface area contributed by atoms with Crippen LogP contribution in [0.25, 0.3) is 0 Å². The number of alkyl halides is 1. The highest BCUT2D eigenvalue weighted by Gasteiger charge is 2.25. The molecule has 0 N–H and O–H groups in total. The van der Waals surface area contributed by atoms with E-state index in [2.05, 4.69) is 15.4 Å². The highest BCUT2D eigenvalue weighted by Crippen LogP contribution is 2.22. The molecule has 1 aliphatic rings.